The van der Waals surface area contributed by atoms with Crippen LogP contribution < -0.4 is 0 Å². The van der Waals surface area contributed by atoms with Gasteiger partial charge in [0.1, 0.15) is 23.1 Å². The lowest BCUT2D eigenvalue weighted by atomic mass is 9.83. The number of hydrogen-bond acceptors (Lipinski definition) is 6. The molecule has 0 spiro atoms. The van der Waals surface area contributed by atoms with E-state index in [0.717, 1.165) is 0 Å². The van der Waals surface area contributed by atoms with Gasteiger partial charge in [-0.15, -0.1) is 11.8 Å². The van der Waals surface area contributed by atoms with Gasteiger partial charge in [0.2, 0.25) is 0 Å². The maximum Gasteiger partial charge on any atom is 0.327 e. The van der Waals surface area contributed by atoms with Crippen LogP contribution in [0.1, 0.15) is 64.2 Å². The Hall–Kier alpha value is -2.07. The van der Waals surface area contributed by atoms with Crippen molar-refractivity contribution in [1.82, 2.24) is 9.55 Å². The molecule has 0 saturated heterocycles. The van der Waals surface area contributed by atoms with Gasteiger partial charge in [0.25, 0.3) is 0 Å². The third-order valence-corrected chi connectivity index (χ3v) is 8.51. The van der Waals surface area contributed by atoms with Crippen LogP contribution in [0.2, 0.25) is 10.0 Å². The lowest BCUT2D eigenvalue weighted by Gasteiger charge is -2.28. The van der Waals surface area contributed by atoms with Gasteiger partial charge in [-0.05, 0) is 81.5 Å². The van der Waals surface area contributed by atoms with Crippen molar-refractivity contribution >= 4 is 43.6 Å². The molecular weight excluding hydrogens is 636 g/mol. The molecule has 3 aromatic carbocycles. The highest BCUT2D eigenvalue weighted by Crippen LogP contribution is 2.42. The van der Waals surface area contributed by atoms with Crippen LogP contribution in [0.15, 0.2) is 59.6 Å². The minimum Gasteiger partial charge on any atom is -0.384 e. The fraction of sp³-hybridized carbons (Fsp3) is 0.323. The Kier molecular flexibility index (Phi) is 11.8. The van der Waals surface area contributed by atoms with Crippen LogP contribution in [0, 0.1) is 11.6 Å². The summed E-state index contributed by atoms with van der Waals surface area (Å²) >= 11 is 14.4. The van der Waals surface area contributed by atoms with Crippen LogP contribution in [-0.4, -0.2) is 30.7 Å². The van der Waals surface area contributed by atoms with Gasteiger partial charge >= 0.3 is 8.60 Å². The number of halogens is 4. The molecule has 0 atom stereocenters. The Morgan fingerprint density at radius 2 is 1.56 bits per heavy atom. The van der Waals surface area contributed by atoms with E-state index in [1.54, 1.807) is 67.3 Å². The van der Waals surface area contributed by atoms with Gasteiger partial charge in [0.15, 0.2) is 0 Å². The van der Waals surface area contributed by atoms with Crippen molar-refractivity contribution in [3.05, 3.63) is 99.1 Å². The molecule has 232 valence electrons. The molecule has 0 bridgehead atoms. The summed E-state index contributed by atoms with van der Waals surface area (Å²) in [6, 6.07) is 12.6. The molecule has 0 aliphatic rings. The summed E-state index contributed by atoms with van der Waals surface area (Å²) in [5.74, 6) is -0.809. The summed E-state index contributed by atoms with van der Waals surface area (Å²) in [6.45, 7) is 10.6. The Balaban J connectivity index is 0.00000248. The molecule has 6 nitrogen and oxygen atoms in total. The molecular formula is C31H35Cl2F2N2O4PS. The van der Waals surface area contributed by atoms with Gasteiger partial charge in [-0.1, -0.05) is 49.2 Å². The first-order chi connectivity index (χ1) is 20.1. The summed E-state index contributed by atoms with van der Waals surface area (Å²) in [5, 5.41) is 11.6. The first-order valence-corrected chi connectivity index (χ1v) is 16.5. The van der Waals surface area contributed by atoms with E-state index in [9.17, 15) is 5.11 Å². The van der Waals surface area contributed by atoms with Gasteiger partial charge in [0.05, 0.1) is 23.4 Å². The maximum absolute atomic E-state index is 15.9. The molecule has 0 saturated carbocycles. The highest BCUT2D eigenvalue weighted by molar-refractivity contribution is 7.98. The molecule has 0 radical (unpaired) electrons. The minimum absolute atomic E-state index is 0.165. The van der Waals surface area contributed by atoms with E-state index in [2.05, 4.69) is 0 Å². The van der Waals surface area contributed by atoms with Crippen molar-refractivity contribution in [2.75, 3.05) is 6.26 Å². The van der Waals surface area contributed by atoms with Crippen LogP contribution in [0.3, 0.4) is 0 Å². The second-order valence-electron chi connectivity index (χ2n) is 10.4. The average Bonchev–Trinajstić information content (AvgIpc) is 3.40. The molecule has 1 heterocycles. The topological polar surface area (TPSA) is 87.7 Å². The second kappa shape index (κ2) is 14.4. The Morgan fingerprint density at radius 3 is 2.09 bits per heavy atom. The van der Waals surface area contributed by atoms with Gasteiger partial charge < -0.3 is 19.4 Å². The van der Waals surface area contributed by atoms with Crippen molar-refractivity contribution < 1.29 is 28.2 Å². The third kappa shape index (κ3) is 7.78. The number of nitrogens with zero attached hydrogens (tertiary/aromatic N) is 2. The van der Waals surface area contributed by atoms with E-state index < -0.39 is 31.3 Å². The van der Waals surface area contributed by atoms with E-state index in [1.165, 1.54) is 23.9 Å². The summed E-state index contributed by atoms with van der Waals surface area (Å²) in [5.41, 5.74) is -0.0859. The average molecular weight is 672 g/mol. The zero-order valence-electron chi connectivity index (χ0n) is 24.9. The number of aliphatic hydroxyl groups is 1. The molecule has 0 aliphatic carbocycles. The Labute approximate surface area is 266 Å². The van der Waals surface area contributed by atoms with Gasteiger partial charge in [-0.3, -0.25) is 4.57 Å². The summed E-state index contributed by atoms with van der Waals surface area (Å²) in [6.07, 6.45) is 3.33. The quantitative estimate of drug-likeness (QED) is 0.122. The Bertz CT molecular complexity index is 1570. The number of aromatic nitrogens is 2. The second-order valence-corrected chi connectivity index (χ2v) is 12.9. The number of benzene rings is 3. The summed E-state index contributed by atoms with van der Waals surface area (Å²) < 4.78 is 37.3. The lowest BCUT2D eigenvalue weighted by Crippen LogP contribution is -2.25. The van der Waals surface area contributed by atoms with Gasteiger partial charge in [-0.25, -0.2) is 13.8 Å². The normalized spacial score (nSPS) is 12.0. The van der Waals surface area contributed by atoms with E-state index in [-0.39, 0.29) is 17.9 Å². The smallest absolute Gasteiger partial charge is 0.327 e. The summed E-state index contributed by atoms with van der Waals surface area (Å²) in [7, 11) is -2.63. The number of imidazole rings is 1. The molecule has 3 N–H and O–H groups in total. The molecule has 0 fully saturated rings. The molecule has 1 aromatic heterocycles. The number of thioether (sulfide) groups is 1. The molecule has 4 rings (SSSR count). The summed E-state index contributed by atoms with van der Waals surface area (Å²) in [4.78, 5) is 23.3. The van der Waals surface area contributed by atoms with E-state index >= 15 is 8.78 Å². The Morgan fingerprint density at radius 1 is 0.953 bits per heavy atom. The molecule has 0 aliphatic heterocycles. The molecule has 43 heavy (non-hydrogen) atoms. The number of rotatable bonds is 9. The van der Waals surface area contributed by atoms with Crippen LogP contribution in [0.4, 0.5) is 8.78 Å². The SMILES string of the molecule is CC.CSc1cc(-c2ccc(-n3cc(C(C)(C)O)nc3C(C)(C)c3c(Cl)cccc3Cl)c(F)c2)cc(F)c1COP(O)O. The predicted molar refractivity (Wildman–Crippen MR) is 172 cm³/mol. The predicted octanol–water partition coefficient (Wildman–Crippen LogP) is 9.15. The largest absolute Gasteiger partial charge is 0.384 e. The number of hydrogen-bond donors (Lipinski definition) is 3. The molecule has 0 amide bonds. The van der Waals surface area contributed by atoms with Crippen molar-refractivity contribution in [3.63, 3.8) is 0 Å². The van der Waals surface area contributed by atoms with Crippen molar-refractivity contribution in [3.8, 4) is 16.8 Å². The standard InChI is InChI=1S/C29H29Cl2F2N2O4PS.C2H6/c1-28(2,26-19(30)7-6-8-20(26)31)27-34-25(29(3,4)36)14-35(27)23-10-9-16(11-22(23)33)17-12-21(32)18(15-39-40(37)38)24(13-17)41-5;1-2/h6-14,36-38H,15H2,1-5H3;1-2H3. The van der Waals surface area contributed by atoms with E-state index in [0.29, 0.717) is 43.1 Å². The van der Waals surface area contributed by atoms with E-state index in [1.807, 2.05) is 27.7 Å². The third-order valence-electron chi connectivity index (χ3n) is 6.72. The van der Waals surface area contributed by atoms with Crippen LogP contribution >= 0.6 is 43.6 Å². The van der Waals surface area contributed by atoms with Gasteiger partial charge in [0, 0.05) is 32.3 Å². The molecule has 12 heteroatoms. The lowest BCUT2D eigenvalue weighted by molar-refractivity contribution is 0.0740. The fourth-order valence-corrected chi connectivity index (χ4v) is 6.37. The first kappa shape index (κ1) is 35.4. The molecule has 4 aromatic rings. The monoisotopic (exact) mass is 670 g/mol. The fourth-order valence-electron chi connectivity index (χ4n) is 4.61. The zero-order valence-corrected chi connectivity index (χ0v) is 28.1. The van der Waals surface area contributed by atoms with Crippen LogP contribution in [-0.2, 0) is 22.1 Å². The van der Waals surface area contributed by atoms with Crippen molar-refractivity contribution in [2.45, 2.75) is 64.1 Å². The van der Waals surface area contributed by atoms with E-state index in [4.69, 9.17) is 42.5 Å². The van der Waals surface area contributed by atoms with Gasteiger partial charge in [-0.2, -0.15) is 0 Å². The zero-order chi connectivity index (χ0) is 32.3. The highest BCUT2D eigenvalue weighted by atomic mass is 35.5. The minimum atomic E-state index is -2.63. The van der Waals surface area contributed by atoms with Crippen molar-refractivity contribution in [1.29, 1.82) is 0 Å². The molecule has 0 unspecified atom stereocenters. The van der Waals surface area contributed by atoms with Crippen molar-refractivity contribution in [2.24, 2.45) is 0 Å². The first-order valence-electron chi connectivity index (χ1n) is 13.4. The van der Waals surface area contributed by atoms with Crippen LogP contribution in [0.5, 0.6) is 0 Å². The maximum atomic E-state index is 15.9. The highest BCUT2D eigenvalue weighted by Gasteiger charge is 2.35. The van der Waals surface area contributed by atoms with Crippen LogP contribution in [0.25, 0.3) is 16.8 Å².